The maximum atomic E-state index is 12.1. The smallest absolute Gasteiger partial charge is 0.387 e. The second-order valence-electron chi connectivity index (χ2n) is 4.53. The topological polar surface area (TPSA) is 50.4 Å². The fourth-order valence-electron chi connectivity index (χ4n) is 2.20. The molecular formula is C13H16F2N2O2. The van der Waals surface area contributed by atoms with Gasteiger partial charge in [-0.1, -0.05) is 6.07 Å². The van der Waals surface area contributed by atoms with Gasteiger partial charge in [0, 0.05) is 17.8 Å². The molecule has 1 fully saturated rings. The third-order valence-corrected chi connectivity index (χ3v) is 3.19. The van der Waals surface area contributed by atoms with Crippen molar-refractivity contribution in [3.05, 3.63) is 24.3 Å². The number of amides is 1. The Hall–Kier alpha value is -1.69. The Morgan fingerprint density at radius 2 is 2.32 bits per heavy atom. The number of rotatable bonds is 4. The molecule has 1 aliphatic rings. The summed E-state index contributed by atoms with van der Waals surface area (Å²) in [5, 5.41) is 5.91. The molecule has 6 heteroatoms. The van der Waals surface area contributed by atoms with E-state index in [1.807, 2.05) is 6.92 Å². The average molecular weight is 270 g/mol. The Balaban J connectivity index is 2.00. The van der Waals surface area contributed by atoms with Gasteiger partial charge < -0.3 is 15.4 Å². The minimum atomic E-state index is -2.87. The SMILES string of the molecule is CC1NCCC1C(=O)Nc1cccc(OC(F)F)c1. The molecule has 2 rings (SSSR count). The van der Waals surface area contributed by atoms with Crippen molar-refractivity contribution in [2.45, 2.75) is 26.0 Å². The number of hydrogen-bond acceptors (Lipinski definition) is 3. The minimum Gasteiger partial charge on any atom is -0.435 e. The lowest BCUT2D eigenvalue weighted by Crippen LogP contribution is -2.32. The van der Waals surface area contributed by atoms with Gasteiger partial charge in [-0.2, -0.15) is 8.78 Å². The van der Waals surface area contributed by atoms with Crippen LogP contribution in [0.1, 0.15) is 13.3 Å². The van der Waals surface area contributed by atoms with Gasteiger partial charge in [0.15, 0.2) is 0 Å². The molecule has 104 valence electrons. The zero-order chi connectivity index (χ0) is 13.8. The summed E-state index contributed by atoms with van der Waals surface area (Å²) in [5.74, 6) is -0.170. The van der Waals surface area contributed by atoms with Crippen LogP contribution in [0.3, 0.4) is 0 Å². The van der Waals surface area contributed by atoms with Gasteiger partial charge in [-0.25, -0.2) is 0 Å². The summed E-state index contributed by atoms with van der Waals surface area (Å²) in [6.07, 6.45) is 0.778. The van der Waals surface area contributed by atoms with Crippen LogP contribution in [0.2, 0.25) is 0 Å². The Bertz CT molecular complexity index is 454. The first kappa shape index (κ1) is 13.7. The summed E-state index contributed by atoms with van der Waals surface area (Å²) < 4.78 is 28.5. The van der Waals surface area contributed by atoms with Crippen molar-refractivity contribution in [1.29, 1.82) is 0 Å². The highest BCUT2D eigenvalue weighted by Crippen LogP contribution is 2.22. The molecule has 0 saturated carbocycles. The summed E-state index contributed by atoms with van der Waals surface area (Å²) in [5.41, 5.74) is 0.460. The Kier molecular flexibility index (Phi) is 4.31. The first-order valence-corrected chi connectivity index (χ1v) is 6.15. The van der Waals surface area contributed by atoms with Crippen LogP contribution in [0.4, 0.5) is 14.5 Å². The number of nitrogens with one attached hydrogen (secondary N) is 2. The van der Waals surface area contributed by atoms with E-state index in [4.69, 9.17) is 0 Å². The molecule has 0 spiro atoms. The Morgan fingerprint density at radius 3 is 2.95 bits per heavy atom. The van der Waals surface area contributed by atoms with E-state index in [1.165, 1.54) is 12.1 Å². The number of halogens is 2. The third kappa shape index (κ3) is 3.64. The second kappa shape index (κ2) is 5.97. The summed E-state index contributed by atoms with van der Waals surface area (Å²) in [4.78, 5) is 12.0. The molecule has 1 aromatic rings. The molecule has 0 bridgehead atoms. The molecule has 2 unspecified atom stereocenters. The van der Waals surface area contributed by atoms with Crippen LogP contribution in [-0.4, -0.2) is 25.1 Å². The zero-order valence-electron chi connectivity index (χ0n) is 10.5. The van der Waals surface area contributed by atoms with Crippen molar-refractivity contribution in [2.24, 2.45) is 5.92 Å². The summed E-state index contributed by atoms with van der Waals surface area (Å²) in [7, 11) is 0. The van der Waals surface area contributed by atoms with Gasteiger partial charge in [-0.15, -0.1) is 0 Å². The highest BCUT2D eigenvalue weighted by molar-refractivity contribution is 5.93. The van der Waals surface area contributed by atoms with Crippen LogP contribution in [0.5, 0.6) is 5.75 Å². The standard InChI is InChI=1S/C13H16F2N2O2/c1-8-11(5-6-16-8)12(18)17-9-3-2-4-10(7-9)19-13(14)15/h2-4,7-8,11,13,16H,5-6H2,1H3,(H,17,18). The van der Waals surface area contributed by atoms with Crippen LogP contribution >= 0.6 is 0 Å². The molecule has 0 radical (unpaired) electrons. The van der Waals surface area contributed by atoms with E-state index in [9.17, 15) is 13.6 Å². The molecule has 1 saturated heterocycles. The van der Waals surface area contributed by atoms with Gasteiger partial charge in [0.2, 0.25) is 5.91 Å². The fraction of sp³-hybridized carbons (Fsp3) is 0.462. The van der Waals surface area contributed by atoms with Crippen molar-refractivity contribution in [2.75, 3.05) is 11.9 Å². The van der Waals surface area contributed by atoms with E-state index in [0.717, 1.165) is 13.0 Å². The highest BCUT2D eigenvalue weighted by atomic mass is 19.3. The van der Waals surface area contributed by atoms with Crippen LogP contribution < -0.4 is 15.4 Å². The predicted molar refractivity (Wildman–Crippen MR) is 67.3 cm³/mol. The summed E-state index contributed by atoms with van der Waals surface area (Å²) >= 11 is 0. The van der Waals surface area contributed by atoms with Crippen molar-refractivity contribution in [3.63, 3.8) is 0 Å². The number of anilines is 1. The molecule has 2 N–H and O–H groups in total. The number of ether oxygens (including phenoxy) is 1. The number of alkyl halides is 2. The molecule has 4 nitrogen and oxygen atoms in total. The van der Waals surface area contributed by atoms with Crippen LogP contribution in [-0.2, 0) is 4.79 Å². The van der Waals surface area contributed by atoms with Crippen LogP contribution in [0.15, 0.2) is 24.3 Å². The number of carbonyl (C=O) groups is 1. The average Bonchev–Trinajstić information content (AvgIpc) is 2.75. The van der Waals surface area contributed by atoms with E-state index < -0.39 is 6.61 Å². The second-order valence-corrected chi connectivity index (χ2v) is 4.53. The molecule has 1 amide bonds. The number of hydrogen-bond donors (Lipinski definition) is 2. The number of carbonyl (C=O) groups excluding carboxylic acids is 1. The van der Waals surface area contributed by atoms with Gasteiger partial charge in [0.1, 0.15) is 5.75 Å². The maximum Gasteiger partial charge on any atom is 0.387 e. The monoisotopic (exact) mass is 270 g/mol. The van der Waals surface area contributed by atoms with E-state index in [2.05, 4.69) is 15.4 Å². The van der Waals surface area contributed by atoms with Gasteiger partial charge in [-0.05, 0) is 32.0 Å². The Morgan fingerprint density at radius 1 is 1.53 bits per heavy atom. The van der Waals surface area contributed by atoms with Crippen molar-refractivity contribution >= 4 is 11.6 Å². The first-order valence-electron chi connectivity index (χ1n) is 6.15. The van der Waals surface area contributed by atoms with Gasteiger partial charge >= 0.3 is 6.61 Å². The third-order valence-electron chi connectivity index (χ3n) is 3.19. The fourth-order valence-corrected chi connectivity index (χ4v) is 2.20. The predicted octanol–water partition coefficient (Wildman–Crippen LogP) is 2.22. The lowest BCUT2D eigenvalue weighted by atomic mass is 10.0. The van der Waals surface area contributed by atoms with Crippen molar-refractivity contribution in [3.8, 4) is 5.75 Å². The van der Waals surface area contributed by atoms with Crippen molar-refractivity contribution in [1.82, 2.24) is 5.32 Å². The normalized spacial score (nSPS) is 22.5. The number of benzene rings is 1. The molecule has 0 aliphatic carbocycles. The quantitative estimate of drug-likeness (QED) is 0.882. The van der Waals surface area contributed by atoms with E-state index in [-0.39, 0.29) is 23.6 Å². The van der Waals surface area contributed by atoms with Crippen LogP contribution in [0, 0.1) is 5.92 Å². The molecule has 1 heterocycles. The van der Waals surface area contributed by atoms with Gasteiger partial charge in [-0.3, -0.25) is 4.79 Å². The lowest BCUT2D eigenvalue weighted by Gasteiger charge is -2.15. The molecule has 0 aromatic heterocycles. The van der Waals surface area contributed by atoms with Gasteiger partial charge in [0.25, 0.3) is 0 Å². The van der Waals surface area contributed by atoms with Crippen LogP contribution in [0.25, 0.3) is 0 Å². The molecule has 2 atom stereocenters. The van der Waals surface area contributed by atoms with E-state index in [1.54, 1.807) is 12.1 Å². The summed E-state index contributed by atoms with van der Waals surface area (Å²) in [6, 6.07) is 6.13. The first-order chi connectivity index (χ1) is 9.06. The lowest BCUT2D eigenvalue weighted by molar-refractivity contribution is -0.120. The zero-order valence-corrected chi connectivity index (χ0v) is 10.5. The molecule has 1 aromatic carbocycles. The van der Waals surface area contributed by atoms with Gasteiger partial charge in [0.05, 0.1) is 5.92 Å². The van der Waals surface area contributed by atoms with E-state index >= 15 is 0 Å². The van der Waals surface area contributed by atoms with E-state index in [0.29, 0.717) is 5.69 Å². The minimum absolute atomic E-state index is 0.0328. The highest BCUT2D eigenvalue weighted by Gasteiger charge is 2.29. The largest absolute Gasteiger partial charge is 0.435 e. The maximum absolute atomic E-state index is 12.1. The molecule has 1 aliphatic heterocycles. The van der Waals surface area contributed by atoms with Crippen molar-refractivity contribution < 1.29 is 18.3 Å². The molecule has 19 heavy (non-hydrogen) atoms. The molecular weight excluding hydrogens is 254 g/mol. The summed E-state index contributed by atoms with van der Waals surface area (Å²) in [6.45, 7) is -0.105. The Labute approximate surface area is 110 Å².